The lowest BCUT2D eigenvalue weighted by Gasteiger charge is -2.21. The second kappa shape index (κ2) is 3.65. The van der Waals surface area contributed by atoms with Crippen molar-refractivity contribution < 1.29 is 19.4 Å². The van der Waals surface area contributed by atoms with Gasteiger partial charge in [-0.1, -0.05) is 6.07 Å². The number of aliphatic carboxylic acids is 1. The van der Waals surface area contributed by atoms with Crippen LogP contribution < -0.4 is 9.47 Å². The molecule has 1 aliphatic heterocycles. The van der Waals surface area contributed by atoms with E-state index in [2.05, 4.69) is 0 Å². The predicted molar refractivity (Wildman–Crippen MR) is 60.6 cm³/mol. The van der Waals surface area contributed by atoms with Gasteiger partial charge in [0.2, 0.25) is 0 Å². The molecule has 1 aliphatic carbocycles. The molecule has 0 atom stereocenters. The van der Waals surface area contributed by atoms with Gasteiger partial charge in [0.15, 0.2) is 11.5 Å². The Bertz CT molecular complexity index is 462. The van der Waals surface area contributed by atoms with Gasteiger partial charge in [0, 0.05) is 5.41 Å². The first-order chi connectivity index (χ1) is 8.20. The first-order valence-electron chi connectivity index (χ1n) is 5.82. The highest BCUT2D eigenvalue weighted by molar-refractivity contribution is 5.70. The molecule has 17 heavy (non-hydrogen) atoms. The third-order valence-corrected chi connectivity index (χ3v) is 3.50. The van der Waals surface area contributed by atoms with Crippen LogP contribution in [0.4, 0.5) is 0 Å². The molecule has 4 heteroatoms. The Morgan fingerprint density at radius 2 is 1.94 bits per heavy atom. The molecule has 0 aromatic heterocycles. The van der Waals surface area contributed by atoms with Gasteiger partial charge in [-0.2, -0.15) is 0 Å². The fourth-order valence-electron chi connectivity index (χ4n) is 2.38. The van der Waals surface area contributed by atoms with Crippen LogP contribution >= 0.6 is 0 Å². The van der Waals surface area contributed by atoms with Crippen molar-refractivity contribution in [2.75, 3.05) is 13.2 Å². The lowest BCUT2D eigenvalue weighted by Crippen LogP contribution is -2.17. The predicted octanol–water partition coefficient (Wildman–Crippen LogP) is 1.96. The monoisotopic (exact) mass is 234 g/mol. The molecular weight excluding hydrogens is 220 g/mol. The average Bonchev–Trinajstić information content (AvgIpc) is 3.08. The number of ether oxygens (including phenoxy) is 2. The van der Waals surface area contributed by atoms with Gasteiger partial charge in [0.25, 0.3) is 0 Å². The number of rotatable bonds is 3. The normalized spacial score (nSPS) is 19.8. The molecule has 1 heterocycles. The van der Waals surface area contributed by atoms with E-state index in [1.54, 1.807) is 0 Å². The molecule has 2 aliphatic rings. The first-order valence-corrected chi connectivity index (χ1v) is 5.82. The maximum absolute atomic E-state index is 10.9. The van der Waals surface area contributed by atoms with E-state index < -0.39 is 5.97 Å². The van der Waals surface area contributed by atoms with Crippen LogP contribution in [0, 0.1) is 0 Å². The summed E-state index contributed by atoms with van der Waals surface area (Å²) in [5, 5.41) is 8.93. The minimum absolute atomic E-state index is 0.165. The number of benzene rings is 1. The van der Waals surface area contributed by atoms with Crippen LogP contribution in [0.25, 0.3) is 0 Å². The molecule has 0 bridgehead atoms. The van der Waals surface area contributed by atoms with Crippen LogP contribution in [0.15, 0.2) is 18.2 Å². The molecule has 0 amide bonds. The summed E-state index contributed by atoms with van der Waals surface area (Å²) in [7, 11) is 0. The highest BCUT2D eigenvalue weighted by atomic mass is 16.6. The molecule has 1 N–H and O–H groups in total. The van der Waals surface area contributed by atoms with E-state index in [-0.39, 0.29) is 11.8 Å². The van der Waals surface area contributed by atoms with Crippen molar-refractivity contribution in [2.45, 2.75) is 24.7 Å². The summed E-state index contributed by atoms with van der Waals surface area (Å²) in [4.78, 5) is 10.9. The molecule has 0 spiro atoms. The van der Waals surface area contributed by atoms with E-state index in [1.807, 2.05) is 18.2 Å². The Labute approximate surface area is 99.2 Å². The third-order valence-electron chi connectivity index (χ3n) is 3.50. The van der Waals surface area contributed by atoms with E-state index in [0.717, 1.165) is 29.9 Å². The van der Waals surface area contributed by atoms with Crippen LogP contribution in [-0.2, 0) is 10.2 Å². The van der Waals surface area contributed by atoms with Crippen molar-refractivity contribution in [3.8, 4) is 11.5 Å². The molecule has 0 radical (unpaired) electrons. The van der Waals surface area contributed by atoms with Crippen LogP contribution in [0.5, 0.6) is 11.5 Å². The Morgan fingerprint density at radius 3 is 2.59 bits per heavy atom. The smallest absolute Gasteiger partial charge is 0.304 e. The maximum Gasteiger partial charge on any atom is 0.304 e. The largest absolute Gasteiger partial charge is 0.486 e. The van der Waals surface area contributed by atoms with Gasteiger partial charge < -0.3 is 14.6 Å². The van der Waals surface area contributed by atoms with Gasteiger partial charge in [-0.05, 0) is 30.5 Å². The summed E-state index contributed by atoms with van der Waals surface area (Å²) in [6, 6.07) is 5.78. The van der Waals surface area contributed by atoms with E-state index in [9.17, 15) is 4.79 Å². The highest BCUT2D eigenvalue weighted by Crippen LogP contribution is 2.52. The van der Waals surface area contributed by atoms with Gasteiger partial charge in [-0.15, -0.1) is 0 Å². The summed E-state index contributed by atoms with van der Waals surface area (Å²) >= 11 is 0. The molecule has 1 fully saturated rings. The first kappa shape index (κ1) is 10.4. The van der Waals surface area contributed by atoms with Gasteiger partial charge in [0.05, 0.1) is 6.42 Å². The van der Waals surface area contributed by atoms with Gasteiger partial charge in [0.1, 0.15) is 13.2 Å². The molecule has 0 saturated heterocycles. The molecule has 90 valence electrons. The Kier molecular flexibility index (Phi) is 2.24. The summed E-state index contributed by atoms with van der Waals surface area (Å²) < 4.78 is 11.0. The quantitative estimate of drug-likeness (QED) is 0.868. The number of carboxylic acids is 1. The number of fused-ring (bicyclic) bond motifs is 1. The lowest BCUT2D eigenvalue weighted by molar-refractivity contribution is -0.137. The van der Waals surface area contributed by atoms with Crippen molar-refractivity contribution in [3.05, 3.63) is 23.8 Å². The lowest BCUT2D eigenvalue weighted by atomic mass is 9.92. The van der Waals surface area contributed by atoms with Gasteiger partial charge >= 0.3 is 5.97 Å². The van der Waals surface area contributed by atoms with Crippen molar-refractivity contribution in [3.63, 3.8) is 0 Å². The molecule has 1 saturated carbocycles. The summed E-state index contributed by atoms with van der Waals surface area (Å²) in [6.45, 7) is 1.13. The fourth-order valence-corrected chi connectivity index (χ4v) is 2.38. The zero-order chi connectivity index (χ0) is 11.9. The van der Waals surface area contributed by atoms with Crippen LogP contribution in [0.1, 0.15) is 24.8 Å². The SMILES string of the molecule is O=C(O)CC1(c2ccc3c(c2)OCCO3)CC1. The van der Waals surface area contributed by atoms with E-state index in [1.165, 1.54) is 0 Å². The zero-order valence-corrected chi connectivity index (χ0v) is 9.44. The van der Waals surface area contributed by atoms with Crippen LogP contribution in [-0.4, -0.2) is 24.3 Å². The summed E-state index contributed by atoms with van der Waals surface area (Å²) in [5.41, 5.74) is 0.894. The number of hydrogen-bond donors (Lipinski definition) is 1. The molecule has 1 aromatic carbocycles. The second-order valence-electron chi connectivity index (χ2n) is 4.71. The van der Waals surface area contributed by atoms with Crippen molar-refractivity contribution >= 4 is 5.97 Å². The standard InChI is InChI=1S/C13H14O4/c14-12(15)8-13(3-4-13)9-1-2-10-11(7-9)17-6-5-16-10/h1-2,7H,3-6,8H2,(H,14,15). The third kappa shape index (κ3) is 1.84. The second-order valence-corrected chi connectivity index (χ2v) is 4.71. The van der Waals surface area contributed by atoms with Gasteiger partial charge in [-0.25, -0.2) is 0 Å². The fraction of sp³-hybridized carbons (Fsp3) is 0.462. The Balaban J connectivity index is 1.91. The van der Waals surface area contributed by atoms with E-state index in [4.69, 9.17) is 14.6 Å². The molecular formula is C13H14O4. The van der Waals surface area contributed by atoms with Crippen molar-refractivity contribution in [1.82, 2.24) is 0 Å². The molecule has 1 aromatic rings. The minimum Gasteiger partial charge on any atom is -0.486 e. The van der Waals surface area contributed by atoms with Crippen molar-refractivity contribution in [2.24, 2.45) is 0 Å². The van der Waals surface area contributed by atoms with E-state index >= 15 is 0 Å². The summed E-state index contributed by atoms with van der Waals surface area (Å²) in [6.07, 6.45) is 2.09. The molecule has 4 nitrogen and oxygen atoms in total. The average molecular weight is 234 g/mol. The zero-order valence-electron chi connectivity index (χ0n) is 9.44. The summed E-state index contributed by atoms with van der Waals surface area (Å²) in [5.74, 6) is 0.758. The van der Waals surface area contributed by atoms with Crippen LogP contribution in [0.3, 0.4) is 0 Å². The van der Waals surface area contributed by atoms with Crippen LogP contribution in [0.2, 0.25) is 0 Å². The number of hydrogen-bond acceptors (Lipinski definition) is 3. The number of carbonyl (C=O) groups is 1. The van der Waals surface area contributed by atoms with Crippen molar-refractivity contribution in [1.29, 1.82) is 0 Å². The highest BCUT2D eigenvalue weighted by Gasteiger charge is 2.46. The van der Waals surface area contributed by atoms with E-state index in [0.29, 0.717) is 13.2 Å². The molecule has 0 unspecified atom stereocenters. The Hall–Kier alpha value is -1.71. The number of carboxylic acid groups (broad SMARTS) is 1. The molecule has 3 rings (SSSR count). The topological polar surface area (TPSA) is 55.8 Å². The minimum atomic E-state index is -0.739. The Morgan fingerprint density at radius 1 is 1.24 bits per heavy atom. The maximum atomic E-state index is 10.9. The van der Waals surface area contributed by atoms with Gasteiger partial charge in [-0.3, -0.25) is 4.79 Å².